The summed E-state index contributed by atoms with van der Waals surface area (Å²) >= 11 is 0. The third-order valence-electron chi connectivity index (χ3n) is 4.56. The number of anilines is 1. The molecule has 1 aliphatic heterocycles. The van der Waals surface area contributed by atoms with Crippen LogP contribution in [-0.4, -0.2) is 48.4 Å². The van der Waals surface area contributed by atoms with Gasteiger partial charge < -0.3 is 15.4 Å². The predicted octanol–water partition coefficient (Wildman–Crippen LogP) is 1.59. The Labute approximate surface area is 158 Å². The van der Waals surface area contributed by atoms with Crippen molar-refractivity contribution in [2.75, 3.05) is 32.1 Å². The summed E-state index contributed by atoms with van der Waals surface area (Å²) in [4.78, 5) is 30.2. The molecule has 0 aliphatic carbocycles. The molecule has 2 amide bonds. The van der Waals surface area contributed by atoms with Gasteiger partial charge in [-0.1, -0.05) is 24.3 Å². The van der Waals surface area contributed by atoms with Gasteiger partial charge in [0, 0.05) is 32.2 Å². The molecular formula is C20H24N4O3. The standard InChI is InChI=1S/C20H24N4O3/c1-27-18-8-7-17(13-22-18)23-20(26)19(25)21-10-4-11-24-12-9-15-5-2-3-6-16(15)14-24/h2-3,5-8,13H,4,9-12,14H2,1H3,(H,21,25)(H,23,26). The number of carbonyl (C=O) groups excluding carboxylic acids is 2. The van der Waals surface area contributed by atoms with Gasteiger partial charge in [0.1, 0.15) is 0 Å². The van der Waals surface area contributed by atoms with Crippen molar-refractivity contribution in [3.8, 4) is 5.88 Å². The number of nitrogens with one attached hydrogen (secondary N) is 2. The van der Waals surface area contributed by atoms with Crippen LogP contribution in [0.15, 0.2) is 42.6 Å². The Hall–Kier alpha value is -2.93. The maximum Gasteiger partial charge on any atom is 0.313 e. The van der Waals surface area contributed by atoms with E-state index in [-0.39, 0.29) is 0 Å². The largest absolute Gasteiger partial charge is 0.481 e. The molecule has 0 bridgehead atoms. The van der Waals surface area contributed by atoms with Crippen LogP contribution < -0.4 is 15.4 Å². The molecule has 0 saturated heterocycles. The van der Waals surface area contributed by atoms with Crippen LogP contribution in [0.1, 0.15) is 17.5 Å². The van der Waals surface area contributed by atoms with Crippen molar-refractivity contribution in [2.24, 2.45) is 0 Å². The van der Waals surface area contributed by atoms with Gasteiger partial charge in [0.2, 0.25) is 5.88 Å². The molecule has 0 atom stereocenters. The van der Waals surface area contributed by atoms with Crippen LogP contribution in [-0.2, 0) is 22.6 Å². The number of rotatable bonds is 6. The summed E-state index contributed by atoms with van der Waals surface area (Å²) in [5.74, 6) is -0.901. The van der Waals surface area contributed by atoms with Gasteiger partial charge in [-0.3, -0.25) is 14.5 Å². The minimum Gasteiger partial charge on any atom is -0.481 e. The molecule has 2 heterocycles. The van der Waals surface area contributed by atoms with Crippen molar-refractivity contribution >= 4 is 17.5 Å². The number of benzene rings is 1. The van der Waals surface area contributed by atoms with Gasteiger partial charge in [-0.15, -0.1) is 0 Å². The molecule has 27 heavy (non-hydrogen) atoms. The molecule has 1 aromatic carbocycles. The highest BCUT2D eigenvalue weighted by molar-refractivity contribution is 6.39. The Morgan fingerprint density at radius 1 is 1.15 bits per heavy atom. The van der Waals surface area contributed by atoms with E-state index in [2.05, 4.69) is 44.8 Å². The third-order valence-corrected chi connectivity index (χ3v) is 4.56. The van der Waals surface area contributed by atoms with Crippen LogP contribution in [0.25, 0.3) is 0 Å². The number of amides is 2. The first-order valence-corrected chi connectivity index (χ1v) is 9.04. The van der Waals surface area contributed by atoms with Crippen LogP contribution in [0, 0.1) is 0 Å². The second kappa shape index (κ2) is 9.14. The van der Waals surface area contributed by atoms with E-state index in [0.717, 1.165) is 32.5 Å². The third kappa shape index (κ3) is 5.27. The van der Waals surface area contributed by atoms with E-state index in [0.29, 0.717) is 18.1 Å². The molecule has 1 aromatic heterocycles. The van der Waals surface area contributed by atoms with E-state index < -0.39 is 11.8 Å². The van der Waals surface area contributed by atoms with E-state index >= 15 is 0 Å². The zero-order valence-corrected chi connectivity index (χ0v) is 15.4. The fourth-order valence-corrected chi connectivity index (χ4v) is 3.09. The number of methoxy groups -OCH3 is 1. The van der Waals surface area contributed by atoms with Crippen LogP contribution in [0.2, 0.25) is 0 Å². The lowest BCUT2D eigenvalue weighted by Gasteiger charge is -2.28. The Kier molecular flexibility index (Phi) is 6.38. The number of fused-ring (bicyclic) bond motifs is 1. The molecule has 0 spiro atoms. The topological polar surface area (TPSA) is 83.6 Å². The minimum atomic E-state index is -0.700. The van der Waals surface area contributed by atoms with Gasteiger partial charge in [-0.2, -0.15) is 0 Å². The number of aromatic nitrogens is 1. The average Bonchev–Trinajstić information content (AvgIpc) is 2.71. The highest BCUT2D eigenvalue weighted by Crippen LogP contribution is 2.18. The molecule has 1 aliphatic rings. The summed E-state index contributed by atoms with van der Waals surface area (Å²) in [5.41, 5.74) is 3.25. The number of hydrogen-bond acceptors (Lipinski definition) is 5. The second-order valence-electron chi connectivity index (χ2n) is 6.45. The maximum atomic E-state index is 11.9. The smallest absolute Gasteiger partial charge is 0.313 e. The van der Waals surface area contributed by atoms with Crippen LogP contribution in [0.4, 0.5) is 5.69 Å². The van der Waals surface area contributed by atoms with Gasteiger partial charge in [0.05, 0.1) is 19.0 Å². The Morgan fingerprint density at radius 2 is 1.96 bits per heavy atom. The Balaban J connectivity index is 1.36. The summed E-state index contributed by atoms with van der Waals surface area (Å²) in [5, 5.41) is 5.18. The first-order chi connectivity index (χ1) is 13.2. The number of ether oxygens (including phenoxy) is 1. The van der Waals surface area contributed by atoms with Gasteiger partial charge in [-0.05, 0) is 30.0 Å². The lowest BCUT2D eigenvalue weighted by Crippen LogP contribution is -2.38. The number of pyridine rings is 1. The molecule has 142 valence electrons. The van der Waals surface area contributed by atoms with Crippen molar-refractivity contribution in [1.29, 1.82) is 0 Å². The lowest BCUT2D eigenvalue weighted by atomic mass is 10.00. The number of hydrogen-bond donors (Lipinski definition) is 2. The highest BCUT2D eigenvalue weighted by atomic mass is 16.5. The van der Waals surface area contributed by atoms with E-state index in [1.807, 2.05) is 0 Å². The van der Waals surface area contributed by atoms with Gasteiger partial charge in [-0.25, -0.2) is 4.98 Å². The quantitative estimate of drug-likeness (QED) is 0.598. The molecule has 0 unspecified atom stereocenters. The second-order valence-corrected chi connectivity index (χ2v) is 6.45. The van der Waals surface area contributed by atoms with E-state index in [4.69, 9.17) is 4.74 Å². The fraction of sp³-hybridized carbons (Fsp3) is 0.350. The lowest BCUT2D eigenvalue weighted by molar-refractivity contribution is -0.136. The maximum absolute atomic E-state index is 11.9. The summed E-state index contributed by atoms with van der Waals surface area (Å²) < 4.78 is 4.95. The van der Waals surface area contributed by atoms with E-state index in [9.17, 15) is 9.59 Å². The van der Waals surface area contributed by atoms with Crippen molar-refractivity contribution < 1.29 is 14.3 Å². The van der Waals surface area contributed by atoms with Gasteiger partial charge in [0.25, 0.3) is 0 Å². The first-order valence-electron chi connectivity index (χ1n) is 9.04. The SMILES string of the molecule is COc1ccc(NC(=O)C(=O)NCCCN2CCc3ccccc3C2)cn1. The molecular weight excluding hydrogens is 344 g/mol. The molecule has 0 radical (unpaired) electrons. The van der Waals surface area contributed by atoms with Crippen LogP contribution in [0.3, 0.4) is 0 Å². The Bertz CT molecular complexity index is 792. The predicted molar refractivity (Wildman–Crippen MR) is 102 cm³/mol. The Morgan fingerprint density at radius 3 is 2.70 bits per heavy atom. The minimum absolute atomic E-state index is 0.442. The van der Waals surface area contributed by atoms with Crippen LogP contribution >= 0.6 is 0 Å². The molecule has 7 heteroatoms. The monoisotopic (exact) mass is 368 g/mol. The summed E-state index contributed by atoms with van der Waals surface area (Å²) in [6.07, 6.45) is 3.30. The summed E-state index contributed by atoms with van der Waals surface area (Å²) in [6.45, 7) is 3.31. The van der Waals surface area contributed by atoms with Crippen LogP contribution in [0.5, 0.6) is 5.88 Å². The normalized spacial score (nSPS) is 13.5. The van der Waals surface area contributed by atoms with E-state index in [1.54, 1.807) is 12.1 Å². The molecule has 2 N–H and O–H groups in total. The molecule has 0 fully saturated rings. The van der Waals surface area contributed by atoms with Crippen molar-refractivity contribution in [3.63, 3.8) is 0 Å². The number of carbonyl (C=O) groups is 2. The number of nitrogens with zero attached hydrogens (tertiary/aromatic N) is 2. The van der Waals surface area contributed by atoms with E-state index in [1.165, 1.54) is 24.4 Å². The average molecular weight is 368 g/mol. The zero-order valence-electron chi connectivity index (χ0n) is 15.4. The van der Waals surface area contributed by atoms with Crippen molar-refractivity contribution in [3.05, 3.63) is 53.7 Å². The van der Waals surface area contributed by atoms with Crippen molar-refractivity contribution in [2.45, 2.75) is 19.4 Å². The van der Waals surface area contributed by atoms with Gasteiger partial charge >= 0.3 is 11.8 Å². The molecule has 0 saturated carbocycles. The molecule has 7 nitrogen and oxygen atoms in total. The van der Waals surface area contributed by atoms with Gasteiger partial charge in [0.15, 0.2) is 0 Å². The fourth-order valence-electron chi connectivity index (χ4n) is 3.09. The molecule has 3 rings (SSSR count). The van der Waals surface area contributed by atoms with Crippen molar-refractivity contribution in [1.82, 2.24) is 15.2 Å². The molecule has 2 aromatic rings. The first kappa shape index (κ1) is 18.8. The summed E-state index contributed by atoms with van der Waals surface area (Å²) in [6, 6.07) is 11.7. The highest BCUT2D eigenvalue weighted by Gasteiger charge is 2.16. The summed E-state index contributed by atoms with van der Waals surface area (Å²) in [7, 11) is 1.51. The zero-order chi connectivity index (χ0) is 19.1.